The molecule has 21 heavy (non-hydrogen) atoms. The lowest BCUT2D eigenvalue weighted by Crippen LogP contribution is -2.30. The summed E-state index contributed by atoms with van der Waals surface area (Å²) in [5, 5.41) is 3.19. The van der Waals surface area contributed by atoms with E-state index in [1.807, 2.05) is 13.0 Å². The zero-order chi connectivity index (χ0) is 15.6. The van der Waals surface area contributed by atoms with E-state index < -0.39 is 0 Å². The molecular formula is C17H24FNO2. The van der Waals surface area contributed by atoms with Crippen molar-refractivity contribution >= 4 is 5.69 Å². The molecule has 1 N–H and O–H groups in total. The molecule has 1 fully saturated rings. The number of halogens is 1. The van der Waals surface area contributed by atoms with Crippen LogP contribution in [0.1, 0.15) is 26.3 Å². The Morgan fingerprint density at radius 3 is 2.86 bits per heavy atom. The molecule has 116 valence electrons. The number of anilines is 1. The second kappa shape index (κ2) is 6.16. The molecule has 0 amide bonds. The molecule has 0 saturated carbocycles. The van der Waals surface area contributed by atoms with Gasteiger partial charge in [0.1, 0.15) is 5.82 Å². The smallest absolute Gasteiger partial charge is 0.127 e. The highest BCUT2D eigenvalue weighted by Gasteiger charge is 2.40. The van der Waals surface area contributed by atoms with Crippen LogP contribution >= 0.6 is 0 Å². The van der Waals surface area contributed by atoms with Crippen LogP contribution in [0.2, 0.25) is 0 Å². The fourth-order valence-corrected chi connectivity index (χ4v) is 2.59. The van der Waals surface area contributed by atoms with Crippen LogP contribution in [0.3, 0.4) is 0 Å². The SMILES string of the molecule is C=C(Nc1ccc(F)c([C@]2(C)COC[C@H]2C)c1)[C@H](C)OC. The highest BCUT2D eigenvalue weighted by molar-refractivity contribution is 5.52. The van der Waals surface area contributed by atoms with Gasteiger partial charge in [-0.05, 0) is 36.6 Å². The molecule has 4 heteroatoms. The summed E-state index contributed by atoms with van der Waals surface area (Å²) in [6, 6.07) is 5.07. The minimum Gasteiger partial charge on any atom is -0.380 e. The van der Waals surface area contributed by atoms with E-state index in [0.29, 0.717) is 18.8 Å². The summed E-state index contributed by atoms with van der Waals surface area (Å²) < 4.78 is 25.0. The molecule has 1 aromatic rings. The molecular weight excluding hydrogens is 269 g/mol. The van der Waals surface area contributed by atoms with Gasteiger partial charge in [-0.15, -0.1) is 0 Å². The molecule has 3 nitrogen and oxygen atoms in total. The second-order valence-corrected chi connectivity index (χ2v) is 6.06. The summed E-state index contributed by atoms with van der Waals surface area (Å²) in [6.45, 7) is 11.2. The fraction of sp³-hybridized carbons (Fsp3) is 0.529. The van der Waals surface area contributed by atoms with Crippen LogP contribution in [-0.2, 0) is 14.9 Å². The van der Waals surface area contributed by atoms with E-state index >= 15 is 0 Å². The van der Waals surface area contributed by atoms with E-state index in [4.69, 9.17) is 9.47 Å². The van der Waals surface area contributed by atoms with Crippen LogP contribution in [-0.4, -0.2) is 26.4 Å². The van der Waals surface area contributed by atoms with Crippen LogP contribution in [0.15, 0.2) is 30.5 Å². The number of nitrogens with one attached hydrogen (secondary N) is 1. The van der Waals surface area contributed by atoms with Crippen LogP contribution in [0.25, 0.3) is 0 Å². The van der Waals surface area contributed by atoms with Gasteiger partial charge in [0.15, 0.2) is 0 Å². The van der Waals surface area contributed by atoms with E-state index in [-0.39, 0.29) is 23.3 Å². The summed E-state index contributed by atoms with van der Waals surface area (Å²) in [5.74, 6) is 0.0918. The van der Waals surface area contributed by atoms with Crippen molar-refractivity contribution in [2.24, 2.45) is 5.92 Å². The van der Waals surface area contributed by atoms with Gasteiger partial charge in [0.2, 0.25) is 0 Å². The number of hydrogen-bond donors (Lipinski definition) is 1. The molecule has 0 aromatic heterocycles. The lowest BCUT2D eigenvalue weighted by molar-refractivity contribution is 0.148. The lowest BCUT2D eigenvalue weighted by Gasteiger charge is -2.29. The van der Waals surface area contributed by atoms with E-state index in [0.717, 1.165) is 11.4 Å². The Kier molecular flexibility index (Phi) is 4.69. The molecule has 1 saturated heterocycles. The monoisotopic (exact) mass is 293 g/mol. The molecule has 3 atom stereocenters. The van der Waals surface area contributed by atoms with Crippen molar-refractivity contribution in [3.63, 3.8) is 0 Å². The Labute approximate surface area is 126 Å². The topological polar surface area (TPSA) is 30.5 Å². The standard InChI is InChI=1S/C17H24FNO2/c1-11-9-21-10-17(11,4)15-8-14(6-7-16(15)18)19-12(2)13(3)20-5/h6-8,11,13,19H,2,9-10H2,1,3-5H3/t11-,13+,17-/m1/s1. The minimum absolute atomic E-state index is 0.108. The van der Waals surface area contributed by atoms with Gasteiger partial charge in [0, 0.05) is 23.9 Å². The first-order chi connectivity index (χ1) is 9.88. The van der Waals surface area contributed by atoms with Gasteiger partial charge in [-0.1, -0.05) is 20.4 Å². The Balaban J connectivity index is 2.28. The third-order valence-corrected chi connectivity index (χ3v) is 4.59. The summed E-state index contributed by atoms with van der Waals surface area (Å²) >= 11 is 0. The van der Waals surface area contributed by atoms with Gasteiger partial charge >= 0.3 is 0 Å². The Morgan fingerprint density at radius 1 is 1.57 bits per heavy atom. The third kappa shape index (κ3) is 3.11. The first-order valence-corrected chi connectivity index (χ1v) is 7.25. The van der Waals surface area contributed by atoms with Crippen LogP contribution in [0, 0.1) is 11.7 Å². The molecule has 0 bridgehead atoms. The largest absolute Gasteiger partial charge is 0.380 e. The van der Waals surface area contributed by atoms with E-state index in [2.05, 4.69) is 25.7 Å². The maximum absolute atomic E-state index is 14.3. The van der Waals surface area contributed by atoms with Crippen LogP contribution in [0.5, 0.6) is 0 Å². The van der Waals surface area contributed by atoms with Crippen molar-refractivity contribution in [3.05, 3.63) is 41.9 Å². The number of benzene rings is 1. The molecule has 0 spiro atoms. The Hall–Kier alpha value is -1.39. The average Bonchev–Trinajstić information content (AvgIpc) is 2.80. The summed E-state index contributed by atoms with van der Waals surface area (Å²) in [7, 11) is 1.63. The molecule has 0 unspecified atom stereocenters. The van der Waals surface area contributed by atoms with Gasteiger partial charge in [-0.25, -0.2) is 4.39 Å². The minimum atomic E-state index is -0.296. The van der Waals surface area contributed by atoms with Crippen molar-refractivity contribution < 1.29 is 13.9 Å². The summed E-state index contributed by atoms with van der Waals surface area (Å²) in [4.78, 5) is 0. The van der Waals surface area contributed by atoms with Crippen molar-refractivity contribution in [2.75, 3.05) is 25.6 Å². The van der Waals surface area contributed by atoms with Crippen LogP contribution in [0.4, 0.5) is 10.1 Å². The molecule has 2 rings (SSSR count). The van der Waals surface area contributed by atoms with Crippen molar-refractivity contribution in [2.45, 2.75) is 32.3 Å². The van der Waals surface area contributed by atoms with Gasteiger partial charge in [0.05, 0.1) is 19.3 Å². The van der Waals surface area contributed by atoms with E-state index in [1.54, 1.807) is 13.2 Å². The Morgan fingerprint density at radius 2 is 2.29 bits per heavy atom. The highest BCUT2D eigenvalue weighted by Crippen LogP contribution is 2.39. The lowest BCUT2D eigenvalue weighted by atomic mass is 9.75. The molecule has 1 aliphatic rings. The van der Waals surface area contributed by atoms with Crippen molar-refractivity contribution in [1.82, 2.24) is 0 Å². The van der Waals surface area contributed by atoms with Crippen LogP contribution < -0.4 is 5.32 Å². The number of ether oxygens (including phenoxy) is 2. The maximum Gasteiger partial charge on any atom is 0.127 e. The van der Waals surface area contributed by atoms with Crippen molar-refractivity contribution in [3.8, 4) is 0 Å². The third-order valence-electron chi connectivity index (χ3n) is 4.59. The number of hydrogen-bond acceptors (Lipinski definition) is 3. The average molecular weight is 293 g/mol. The zero-order valence-electron chi connectivity index (χ0n) is 13.2. The predicted octanol–water partition coefficient (Wildman–Crippen LogP) is 3.71. The second-order valence-electron chi connectivity index (χ2n) is 6.06. The van der Waals surface area contributed by atoms with Gasteiger partial charge in [-0.3, -0.25) is 0 Å². The molecule has 1 aliphatic heterocycles. The molecule has 1 aromatic carbocycles. The van der Waals surface area contributed by atoms with E-state index in [1.165, 1.54) is 6.07 Å². The number of methoxy groups -OCH3 is 1. The summed E-state index contributed by atoms with van der Waals surface area (Å²) in [6.07, 6.45) is -0.108. The summed E-state index contributed by atoms with van der Waals surface area (Å²) in [5.41, 5.74) is 1.96. The molecule has 1 heterocycles. The number of rotatable bonds is 5. The first kappa shape index (κ1) is 16.0. The van der Waals surface area contributed by atoms with Gasteiger partial charge in [0.25, 0.3) is 0 Å². The first-order valence-electron chi connectivity index (χ1n) is 7.25. The molecule has 0 radical (unpaired) electrons. The van der Waals surface area contributed by atoms with Gasteiger partial charge in [-0.2, -0.15) is 0 Å². The normalized spacial score (nSPS) is 26.6. The Bertz CT molecular complexity index is 532. The van der Waals surface area contributed by atoms with Crippen molar-refractivity contribution in [1.29, 1.82) is 0 Å². The maximum atomic E-state index is 14.3. The van der Waals surface area contributed by atoms with Gasteiger partial charge < -0.3 is 14.8 Å². The molecule has 0 aliphatic carbocycles. The fourth-order valence-electron chi connectivity index (χ4n) is 2.59. The quantitative estimate of drug-likeness (QED) is 0.897. The zero-order valence-corrected chi connectivity index (χ0v) is 13.2. The highest BCUT2D eigenvalue weighted by atomic mass is 19.1. The van der Waals surface area contributed by atoms with E-state index in [9.17, 15) is 4.39 Å². The predicted molar refractivity (Wildman–Crippen MR) is 83.0 cm³/mol.